The first-order chi connectivity index (χ1) is 8.97. The van der Waals surface area contributed by atoms with Crippen molar-refractivity contribution in [2.24, 2.45) is 0 Å². The number of nitrogens with two attached hydrogens (primary N) is 1. The number of aromatic nitrogens is 1. The van der Waals surface area contributed by atoms with E-state index in [4.69, 9.17) is 5.73 Å². The molecule has 19 heavy (non-hydrogen) atoms. The van der Waals surface area contributed by atoms with Gasteiger partial charge in [-0.3, -0.25) is 4.79 Å². The Bertz CT molecular complexity index is 595. The van der Waals surface area contributed by atoms with E-state index < -0.39 is 0 Å². The lowest BCUT2D eigenvalue weighted by Crippen LogP contribution is -2.16. The van der Waals surface area contributed by atoms with Gasteiger partial charge in [-0.2, -0.15) is 0 Å². The molecular formula is C15H17N3O. The maximum atomic E-state index is 12.3. The molecule has 1 aromatic heterocycles. The summed E-state index contributed by atoms with van der Waals surface area (Å²) in [4.78, 5) is 16.3. The number of carbonyl (C=O) groups is 1. The van der Waals surface area contributed by atoms with E-state index >= 15 is 0 Å². The topological polar surface area (TPSA) is 68.0 Å². The van der Waals surface area contributed by atoms with Crippen molar-refractivity contribution in [1.82, 2.24) is 4.98 Å². The summed E-state index contributed by atoms with van der Waals surface area (Å²) in [6.07, 6.45) is 1.52. The number of benzene rings is 1. The molecule has 4 nitrogen and oxygen atoms in total. The van der Waals surface area contributed by atoms with Gasteiger partial charge in [0.25, 0.3) is 5.91 Å². The van der Waals surface area contributed by atoms with Crippen LogP contribution in [-0.4, -0.2) is 10.9 Å². The Morgan fingerprint density at radius 2 is 1.79 bits per heavy atom. The number of nitrogen functional groups attached to an aromatic ring is 1. The summed E-state index contributed by atoms with van der Waals surface area (Å²) in [5.41, 5.74) is 9.90. The summed E-state index contributed by atoms with van der Waals surface area (Å²) in [7, 11) is 0. The van der Waals surface area contributed by atoms with Crippen molar-refractivity contribution in [3.8, 4) is 0 Å². The van der Waals surface area contributed by atoms with E-state index in [1.807, 2.05) is 32.9 Å². The lowest BCUT2D eigenvalue weighted by molar-refractivity contribution is 0.102. The standard InChI is InChI=1S/C15H17N3O/c1-9-6-10(2)14(11(3)7-9)15(19)18-13-5-4-12(16)8-17-13/h4-8H,16H2,1-3H3,(H,17,18,19). The van der Waals surface area contributed by atoms with Crippen LogP contribution in [-0.2, 0) is 0 Å². The van der Waals surface area contributed by atoms with Crippen molar-refractivity contribution in [3.05, 3.63) is 52.7 Å². The summed E-state index contributed by atoms with van der Waals surface area (Å²) in [6.45, 7) is 5.89. The van der Waals surface area contributed by atoms with E-state index in [1.165, 1.54) is 6.20 Å². The Morgan fingerprint density at radius 3 is 2.32 bits per heavy atom. The normalized spacial score (nSPS) is 10.3. The van der Waals surface area contributed by atoms with Gasteiger partial charge in [-0.05, 0) is 44.0 Å². The third-order valence-electron chi connectivity index (χ3n) is 2.93. The molecule has 1 aromatic carbocycles. The molecule has 0 unspecified atom stereocenters. The lowest BCUT2D eigenvalue weighted by Gasteiger charge is -2.11. The summed E-state index contributed by atoms with van der Waals surface area (Å²) in [5.74, 6) is 0.353. The van der Waals surface area contributed by atoms with Crippen molar-refractivity contribution in [1.29, 1.82) is 0 Å². The Kier molecular flexibility index (Phi) is 3.51. The molecule has 0 aliphatic heterocycles. The maximum Gasteiger partial charge on any atom is 0.257 e. The Balaban J connectivity index is 2.28. The van der Waals surface area contributed by atoms with Crippen LogP contribution in [0.1, 0.15) is 27.0 Å². The van der Waals surface area contributed by atoms with E-state index in [0.29, 0.717) is 17.1 Å². The van der Waals surface area contributed by atoms with Crippen LogP contribution in [0.25, 0.3) is 0 Å². The zero-order chi connectivity index (χ0) is 14.0. The number of carbonyl (C=O) groups excluding carboxylic acids is 1. The van der Waals surface area contributed by atoms with Gasteiger partial charge in [0.1, 0.15) is 5.82 Å². The Labute approximate surface area is 112 Å². The minimum atomic E-state index is -0.146. The largest absolute Gasteiger partial charge is 0.397 e. The van der Waals surface area contributed by atoms with E-state index in [-0.39, 0.29) is 5.91 Å². The highest BCUT2D eigenvalue weighted by Gasteiger charge is 2.13. The summed E-state index contributed by atoms with van der Waals surface area (Å²) >= 11 is 0. The highest BCUT2D eigenvalue weighted by atomic mass is 16.1. The van der Waals surface area contributed by atoms with Gasteiger partial charge in [0.05, 0.1) is 11.9 Å². The average Bonchev–Trinajstić information content (AvgIpc) is 2.30. The number of hydrogen-bond donors (Lipinski definition) is 2. The number of nitrogens with zero attached hydrogens (tertiary/aromatic N) is 1. The number of amides is 1. The molecule has 0 bridgehead atoms. The fourth-order valence-electron chi connectivity index (χ4n) is 2.20. The van der Waals surface area contributed by atoms with Crippen molar-refractivity contribution < 1.29 is 4.79 Å². The molecule has 4 heteroatoms. The van der Waals surface area contributed by atoms with Crippen molar-refractivity contribution >= 4 is 17.4 Å². The van der Waals surface area contributed by atoms with Gasteiger partial charge < -0.3 is 11.1 Å². The first kappa shape index (κ1) is 13.1. The first-order valence-electron chi connectivity index (χ1n) is 6.08. The summed E-state index contributed by atoms with van der Waals surface area (Å²) in [5, 5.41) is 2.78. The van der Waals surface area contributed by atoms with Crippen LogP contribution < -0.4 is 11.1 Å². The van der Waals surface area contributed by atoms with E-state index in [9.17, 15) is 4.79 Å². The van der Waals surface area contributed by atoms with Crippen LogP contribution in [0.2, 0.25) is 0 Å². The monoisotopic (exact) mass is 255 g/mol. The molecule has 0 atom stereocenters. The van der Waals surface area contributed by atoms with Crippen molar-refractivity contribution in [3.63, 3.8) is 0 Å². The fourth-order valence-corrected chi connectivity index (χ4v) is 2.20. The molecule has 2 rings (SSSR count). The van der Waals surface area contributed by atoms with Crippen LogP contribution in [0.5, 0.6) is 0 Å². The van der Waals surface area contributed by atoms with E-state index in [2.05, 4.69) is 10.3 Å². The second-order valence-corrected chi connectivity index (χ2v) is 4.70. The molecule has 0 radical (unpaired) electrons. The molecule has 0 spiro atoms. The highest BCUT2D eigenvalue weighted by Crippen LogP contribution is 2.18. The minimum absolute atomic E-state index is 0.146. The predicted octanol–water partition coefficient (Wildman–Crippen LogP) is 2.84. The number of anilines is 2. The quantitative estimate of drug-likeness (QED) is 0.867. The SMILES string of the molecule is Cc1cc(C)c(C(=O)Nc2ccc(N)cn2)c(C)c1. The molecule has 3 N–H and O–H groups in total. The molecule has 1 heterocycles. The van der Waals surface area contributed by atoms with Crippen LogP contribution >= 0.6 is 0 Å². The van der Waals surface area contributed by atoms with E-state index in [1.54, 1.807) is 12.1 Å². The van der Waals surface area contributed by atoms with Crippen LogP contribution in [0.4, 0.5) is 11.5 Å². The van der Waals surface area contributed by atoms with Crippen molar-refractivity contribution in [2.75, 3.05) is 11.1 Å². The van der Waals surface area contributed by atoms with Gasteiger partial charge in [0.15, 0.2) is 0 Å². The zero-order valence-corrected chi connectivity index (χ0v) is 11.3. The number of nitrogens with one attached hydrogen (secondary N) is 1. The van der Waals surface area contributed by atoms with Gasteiger partial charge in [0, 0.05) is 5.56 Å². The molecule has 0 fully saturated rings. The molecule has 0 saturated carbocycles. The number of pyridine rings is 1. The Morgan fingerprint density at radius 1 is 1.16 bits per heavy atom. The molecule has 0 aliphatic carbocycles. The van der Waals surface area contributed by atoms with E-state index in [0.717, 1.165) is 16.7 Å². The van der Waals surface area contributed by atoms with Gasteiger partial charge in [0.2, 0.25) is 0 Å². The minimum Gasteiger partial charge on any atom is -0.397 e. The fraction of sp³-hybridized carbons (Fsp3) is 0.200. The average molecular weight is 255 g/mol. The van der Waals surface area contributed by atoms with Gasteiger partial charge in [-0.1, -0.05) is 17.7 Å². The van der Waals surface area contributed by atoms with Gasteiger partial charge in [-0.25, -0.2) is 4.98 Å². The lowest BCUT2D eigenvalue weighted by atomic mass is 9.99. The Hall–Kier alpha value is -2.36. The summed E-state index contributed by atoms with van der Waals surface area (Å²) < 4.78 is 0. The summed E-state index contributed by atoms with van der Waals surface area (Å²) in [6, 6.07) is 7.39. The van der Waals surface area contributed by atoms with Gasteiger partial charge in [-0.15, -0.1) is 0 Å². The third-order valence-corrected chi connectivity index (χ3v) is 2.93. The maximum absolute atomic E-state index is 12.3. The number of rotatable bonds is 2. The molecule has 0 aliphatic rings. The molecular weight excluding hydrogens is 238 g/mol. The molecule has 2 aromatic rings. The van der Waals surface area contributed by atoms with Gasteiger partial charge >= 0.3 is 0 Å². The van der Waals surface area contributed by atoms with Crippen molar-refractivity contribution in [2.45, 2.75) is 20.8 Å². The zero-order valence-electron chi connectivity index (χ0n) is 11.3. The highest BCUT2D eigenvalue weighted by molar-refractivity contribution is 6.05. The second kappa shape index (κ2) is 5.10. The second-order valence-electron chi connectivity index (χ2n) is 4.70. The number of hydrogen-bond acceptors (Lipinski definition) is 3. The molecule has 0 saturated heterocycles. The molecule has 1 amide bonds. The van der Waals surface area contributed by atoms with Crippen LogP contribution in [0, 0.1) is 20.8 Å². The molecule has 98 valence electrons. The smallest absolute Gasteiger partial charge is 0.257 e. The number of aryl methyl sites for hydroxylation is 3. The third kappa shape index (κ3) is 2.91. The first-order valence-corrected chi connectivity index (χ1v) is 6.08. The van der Waals surface area contributed by atoms with Crippen LogP contribution in [0.3, 0.4) is 0 Å². The predicted molar refractivity (Wildman–Crippen MR) is 77.3 cm³/mol. The van der Waals surface area contributed by atoms with Crippen LogP contribution in [0.15, 0.2) is 30.5 Å².